The maximum absolute atomic E-state index is 11.5. The van der Waals surface area contributed by atoms with Crippen LogP contribution in [-0.4, -0.2) is 15.9 Å². The molecular formula is C18H18N4OS2. The van der Waals surface area contributed by atoms with Crippen LogP contribution in [0.5, 0.6) is 0 Å². The van der Waals surface area contributed by atoms with Crippen molar-refractivity contribution in [2.24, 2.45) is 0 Å². The molecule has 0 unspecified atom stereocenters. The molecule has 0 atom stereocenters. The van der Waals surface area contributed by atoms with Crippen molar-refractivity contribution in [2.75, 3.05) is 10.6 Å². The normalized spacial score (nSPS) is 13.4. The molecule has 1 amide bonds. The first kappa shape index (κ1) is 16.2. The molecule has 0 saturated carbocycles. The van der Waals surface area contributed by atoms with E-state index in [1.54, 1.807) is 22.7 Å². The third kappa shape index (κ3) is 3.43. The lowest BCUT2D eigenvalue weighted by Gasteiger charge is -2.17. The molecule has 1 aliphatic rings. The van der Waals surface area contributed by atoms with Crippen molar-refractivity contribution in [1.82, 2.24) is 9.97 Å². The van der Waals surface area contributed by atoms with Crippen molar-refractivity contribution in [3.8, 4) is 11.3 Å². The SMILES string of the molecule is Cc1nc(C)c(CNc2nc(-c3ccc4c(c3)CCC(=O)N4)cs2)s1. The van der Waals surface area contributed by atoms with E-state index in [0.717, 1.165) is 45.7 Å². The predicted octanol–water partition coefficient (Wildman–Crippen LogP) is 4.38. The summed E-state index contributed by atoms with van der Waals surface area (Å²) in [4.78, 5) is 21.9. The molecule has 3 aromatic rings. The molecule has 1 aliphatic heterocycles. The van der Waals surface area contributed by atoms with E-state index in [0.29, 0.717) is 6.42 Å². The van der Waals surface area contributed by atoms with Crippen molar-refractivity contribution < 1.29 is 4.79 Å². The van der Waals surface area contributed by atoms with E-state index < -0.39 is 0 Å². The molecule has 4 rings (SSSR count). The Morgan fingerprint density at radius 2 is 2.12 bits per heavy atom. The zero-order valence-electron chi connectivity index (χ0n) is 14.0. The van der Waals surface area contributed by atoms with E-state index in [-0.39, 0.29) is 5.91 Å². The van der Waals surface area contributed by atoms with Crippen molar-refractivity contribution >= 4 is 39.4 Å². The van der Waals surface area contributed by atoms with Gasteiger partial charge >= 0.3 is 0 Å². The number of rotatable bonds is 4. The Morgan fingerprint density at radius 3 is 2.92 bits per heavy atom. The highest BCUT2D eigenvalue weighted by Crippen LogP contribution is 2.31. The summed E-state index contributed by atoms with van der Waals surface area (Å²) in [5, 5.41) is 10.4. The molecule has 0 radical (unpaired) electrons. The number of hydrogen-bond donors (Lipinski definition) is 2. The minimum absolute atomic E-state index is 0.0917. The lowest BCUT2D eigenvalue weighted by Crippen LogP contribution is -2.18. The van der Waals surface area contributed by atoms with Gasteiger partial charge in [-0.2, -0.15) is 0 Å². The average molecular weight is 371 g/mol. The third-order valence-electron chi connectivity index (χ3n) is 4.20. The summed E-state index contributed by atoms with van der Waals surface area (Å²) in [6.07, 6.45) is 1.34. The molecule has 5 nitrogen and oxygen atoms in total. The Kier molecular flexibility index (Phi) is 4.27. The van der Waals surface area contributed by atoms with Gasteiger partial charge in [-0.15, -0.1) is 22.7 Å². The first-order valence-corrected chi connectivity index (χ1v) is 9.83. The van der Waals surface area contributed by atoms with Gasteiger partial charge in [-0.05, 0) is 38.0 Å². The van der Waals surface area contributed by atoms with Crippen LogP contribution >= 0.6 is 22.7 Å². The number of nitrogens with zero attached hydrogens (tertiary/aromatic N) is 2. The Balaban J connectivity index is 1.49. The zero-order chi connectivity index (χ0) is 17.4. The first-order valence-electron chi connectivity index (χ1n) is 8.14. The predicted molar refractivity (Wildman–Crippen MR) is 103 cm³/mol. The summed E-state index contributed by atoms with van der Waals surface area (Å²) in [5.41, 5.74) is 5.23. The molecule has 2 aromatic heterocycles. The molecular weight excluding hydrogens is 352 g/mol. The fourth-order valence-corrected chi connectivity index (χ4v) is 4.52. The van der Waals surface area contributed by atoms with Crippen molar-refractivity contribution in [1.29, 1.82) is 0 Å². The number of benzene rings is 1. The molecule has 3 heterocycles. The number of carbonyl (C=O) groups excluding carboxylic acids is 1. The quantitative estimate of drug-likeness (QED) is 0.715. The fraction of sp³-hybridized carbons (Fsp3) is 0.278. The molecule has 7 heteroatoms. The molecule has 0 fully saturated rings. The minimum atomic E-state index is 0.0917. The first-order chi connectivity index (χ1) is 12.1. The maximum Gasteiger partial charge on any atom is 0.224 e. The highest BCUT2D eigenvalue weighted by molar-refractivity contribution is 7.14. The topological polar surface area (TPSA) is 66.9 Å². The molecule has 0 spiro atoms. The van der Waals surface area contributed by atoms with Crippen LogP contribution in [0.25, 0.3) is 11.3 Å². The van der Waals surface area contributed by atoms with Crippen LogP contribution in [-0.2, 0) is 17.8 Å². The van der Waals surface area contributed by atoms with Crippen molar-refractivity contribution in [2.45, 2.75) is 33.2 Å². The van der Waals surface area contributed by atoms with Crippen LogP contribution in [0.1, 0.15) is 27.6 Å². The summed E-state index contributed by atoms with van der Waals surface area (Å²) in [6.45, 7) is 4.82. The molecule has 1 aromatic carbocycles. The Morgan fingerprint density at radius 1 is 1.24 bits per heavy atom. The summed E-state index contributed by atoms with van der Waals surface area (Å²) in [6, 6.07) is 6.11. The molecule has 128 valence electrons. The van der Waals surface area contributed by atoms with Gasteiger partial charge in [-0.25, -0.2) is 9.97 Å². The lowest BCUT2D eigenvalue weighted by atomic mass is 9.99. The van der Waals surface area contributed by atoms with Gasteiger partial charge < -0.3 is 10.6 Å². The van der Waals surface area contributed by atoms with E-state index in [4.69, 9.17) is 4.98 Å². The van der Waals surface area contributed by atoms with Gasteiger partial charge in [0.15, 0.2) is 5.13 Å². The average Bonchev–Trinajstić information content (AvgIpc) is 3.18. The number of nitrogens with one attached hydrogen (secondary N) is 2. The summed E-state index contributed by atoms with van der Waals surface area (Å²) in [7, 11) is 0. The van der Waals surface area contributed by atoms with Crippen LogP contribution in [0.2, 0.25) is 0 Å². The van der Waals surface area contributed by atoms with Gasteiger partial charge in [0.25, 0.3) is 0 Å². The van der Waals surface area contributed by atoms with Crippen molar-refractivity contribution in [3.05, 3.63) is 44.7 Å². The van der Waals surface area contributed by atoms with Gasteiger partial charge in [0, 0.05) is 27.9 Å². The number of fused-ring (bicyclic) bond motifs is 1. The standard InChI is InChI=1S/C18H18N4OS2/c1-10-16(25-11(2)20-10)8-19-18-22-15(9-24-18)13-3-5-14-12(7-13)4-6-17(23)21-14/h3,5,7,9H,4,6,8H2,1-2H3,(H,19,22)(H,21,23). The van der Waals surface area contributed by atoms with E-state index in [1.807, 2.05) is 26.0 Å². The summed E-state index contributed by atoms with van der Waals surface area (Å²) < 4.78 is 0. The van der Waals surface area contributed by atoms with Gasteiger partial charge in [-0.3, -0.25) is 4.79 Å². The van der Waals surface area contributed by atoms with Crippen LogP contribution in [0, 0.1) is 13.8 Å². The molecule has 25 heavy (non-hydrogen) atoms. The highest BCUT2D eigenvalue weighted by Gasteiger charge is 2.16. The third-order valence-corrected chi connectivity index (χ3v) is 6.07. The smallest absolute Gasteiger partial charge is 0.224 e. The Labute approximate surface area is 154 Å². The zero-order valence-corrected chi connectivity index (χ0v) is 15.7. The number of thiazole rings is 2. The fourth-order valence-electron chi connectivity index (χ4n) is 2.92. The number of amides is 1. The Bertz CT molecular complexity index is 944. The van der Waals surface area contributed by atoms with Gasteiger partial charge in [-0.1, -0.05) is 6.07 Å². The van der Waals surface area contributed by atoms with Crippen LogP contribution in [0.15, 0.2) is 23.6 Å². The summed E-state index contributed by atoms with van der Waals surface area (Å²) in [5.74, 6) is 0.0917. The number of aryl methyl sites for hydroxylation is 3. The van der Waals surface area contributed by atoms with Crippen LogP contribution in [0.4, 0.5) is 10.8 Å². The van der Waals surface area contributed by atoms with E-state index in [1.165, 1.54) is 10.4 Å². The number of hydrogen-bond acceptors (Lipinski definition) is 6. The van der Waals surface area contributed by atoms with Gasteiger partial charge in [0.2, 0.25) is 5.91 Å². The molecule has 0 saturated heterocycles. The number of aromatic nitrogens is 2. The van der Waals surface area contributed by atoms with E-state index in [2.05, 4.69) is 27.1 Å². The molecule has 0 bridgehead atoms. The van der Waals surface area contributed by atoms with Crippen LogP contribution in [0.3, 0.4) is 0 Å². The van der Waals surface area contributed by atoms with Gasteiger partial charge in [0.05, 0.1) is 22.9 Å². The largest absolute Gasteiger partial charge is 0.357 e. The Hall–Kier alpha value is -2.25. The maximum atomic E-state index is 11.5. The number of anilines is 2. The lowest BCUT2D eigenvalue weighted by molar-refractivity contribution is -0.116. The van der Waals surface area contributed by atoms with Crippen molar-refractivity contribution in [3.63, 3.8) is 0 Å². The second-order valence-corrected chi connectivity index (χ2v) is 8.20. The highest BCUT2D eigenvalue weighted by atomic mass is 32.1. The van der Waals surface area contributed by atoms with E-state index in [9.17, 15) is 4.79 Å². The summed E-state index contributed by atoms with van der Waals surface area (Å²) >= 11 is 3.33. The minimum Gasteiger partial charge on any atom is -0.357 e. The monoisotopic (exact) mass is 370 g/mol. The second-order valence-electron chi connectivity index (χ2n) is 6.05. The molecule has 2 N–H and O–H groups in total. The van der Waals surface area contributed by atoms with E-state index >= 15 is 0 Å². The van der Waals surface area contributed by atoms with Gasteiger partial charge in [0.1, 0.15) is 0 Å². The second kappa shape index (κ2) is 6.57. The van der Waals surface area contributed by atoms with Crippen LogP contribution < -0.4 is 10.6 Å². The molecule has 0 aliphatic carbocycles. The number of carbonyl (C=O) groups is 1.